The highest BCUT2D eigenvalue weighted by atomic mass is 15.1. The molecule has 0 bridgehead atoms. The Hall–Kier alpha value is -1.32. The third-order valence-corrected chi connectivity index (χ3v) is 2.61. The van der Waals surface area contributed by atoms with Crippen LogP contribution in [0.1, 0.15) is 27.7 Å². The quantitative estimate of drug-likeness (QED) is 0.602. The molecule has 2 aliphatic heterocycles. The zero-order valence-corrected chi connectivity index (χ0v) is 8.94. The maximum Gasteiger partial charge on any atom is 0.193 e. The summed E-state index contributed by atoms with van der Waals surface area (Å²) in [6.07, 6.45) is 0. The molecule has 0 saturated carbocycles. The van der Waals surface area contributed by atoms with Gasteiger partial charge in [0.15, 0.2) is 11.7 Å². The third kappa shape index (κ3) is 1.41. The van der Waals surface area contributed by atoms with Crippen LogP contribution in [0.15, 0.2) is 20.0 Å². The van der Waals surface area contributed by atoms with Crippen molar-refractivity contribution in [1.82, 2.24) is 0 Å². The van der Waals surface area contributed by atoms with E-state index in [0.717, 1.165) is 11.4 Å². The molecule has 0 spiro atoms. The molecule has 2 rings (SSSR count). The second kappa shape index (κ2) is 3.12. The lowest BCUT2D eigenvalue weighted by molar-refractivity contribution is 0.989. The Labute approximate surface area is 83.6 Å². The average molecular weight is 190 g/mol. The molecule has 0 saturated heterocycles. The second-order valence-corrected chi connectivity index (χ2v) is 3.76. The van der Waals surface area contributed by atoms with Crippen LogP contribution in [0.2, 0.25) is 0 Å². The number of rotatable bonds is 1. The van der Waals surface area contributed by atoms with Crippen molar-refractivity contribution in [2.45, 2.75) is 39.8 Å². The van der Waals surface area contributed by atoms with Gasteiger partial charge in [-0.25, -0.2) is 9.98 Å². The molecule has 4 heteroatoms. The number of amidine groups is 2. The van der Waals surface area contributed by atoms with E-state index in [1.165, 1.54) is 0 Å². The third-order valence-electron chi connectivity index (χ3n) is 2.61. The maximum absolute atomic E-state index is 4.40. The summed E-state index contributed by atoms with van der Waals surface area (Å²) in [5.74, 6) is 1.39. The van der Waals surface area contributed by atoms with Crippen LogP contribution in [0.5, 0.6) is 0 Å². The molecule has 0 N–H and O–H groups in total. The first-order valence-electron chi connectivity index (χ1n) is 4.84. The Kier molecular flexibility index (Phi) is 2.06. The van der Waals surface area contributed by atoms with Crippen LogP contribution in [0.4, 0.5) is 0 Å². The number of nitrogens with zero attached hydrogens (tertiary/aromatic N) is 4. The number of hydrogen-bond acceptors (Lipinski definition) is 4. The molecule has 0 aliphatic carbocycles. The summed E-state index contributed by atoms with van der Waals surface area (Å²) < 4.78 is 0. The van der Waals surface area contributed by atoms with E-state index in [4.69, 9.17) is 0 Å². The molecule has 2 heterocycles. The Bertz CT molecular complexity index is 349. The minimum Gasteiger partial charge on any atom is -0.254 e. The van der Waals surface area contributed by atoms with E-state index in [9.17, 15) is 0 Å². The largest absolute Gasteiger partial charge is 0.254 e. The zero-order valence-electron chi connectivity index (χ0n) is 8.94. The standard InChI is InChI=1S/C10H14N4/c1-5-6(2)12-9(11-5)10-13-7(3)8(4)14-10/h5,7H,1-4H3. The van der Waals surface area contributed by atoms with Crippen molar-refractivity contribution in [2.75, 3.05) is 0 Å². The van der Waals surface area contributed by atoms with E-state index >= 15 is 0 Å². The van der Waals surface area contributed by atoms with E-state index in [1.54, 1.807) is 0 Å². The molecule has 0 fully saturated rings. The Balaban J connectivity index is 2.28. The first kappa shape index (κ1) is 9.24. The van der Waals surface area contributed by atoms with Crippen LogP contribution in [0.25, 0.3) is 0 Å². The van der Waals surface area contributed by atoms with Crippen molar-refractivity contribution in [1.29, 1.82) is 0 Å². The van der Waals surface area contributed by atoms with E-state index in [2.05, 4.69) is 20.0 Å². The van der Waals surface area contributed by atoms with Gasteiger partial charge in [-0.05, 0) is 27.7 Å². The number of hydrogen-bond donors (Lipinski definition) is 0. The van der Waals surface area contributed by atoms with Gasteiger partial charge in [0.05, 0.1) is 12.1 Å². The first-order valence-corrected chi connectivity index (χ1v) is 4.84. The predicted molar refractivity (Wildman–Crippen MR) is 60.0 cm³/mol. The highest BCUT2D eigenvalue weighted by Gasteiger charge is 2.23. The van der Waals surface area contributed by atoms with Gasteiger partial charge in [0, 0.05) is 11.4 Å². The Morgan fingerprint density at radius 2 is 1.14 bits per heavy atom. The summed E-state index contributed by atoms with van der Waals surface area (Å²) in [5.41, 5.74) is 2.07. The lowest BCUT2D eigenvalue weighted by atomic mass is 10.2. The molecule has 14 heavy (non-hydrogen) atoms. The minimum absolute atomic E-state index is 0.180. The maximum atomic E-state index is 4.40. The molecule has 0 radical (unpaired) electrons. The molecular weight excluding hydrogens is 176 g/mol. The predicted octanol–water partition coefficient (Wildman–Crippen LogP) is 1.51. The first-order chi connectivity index (χ1) is 6.58. The molecule has 2 unspecified atom stereocenters. The molecule has 0 aromatic rings. The summed E-state index contributed by atoms with van der Waals surface area (Å²) in [7, 11) is 0. The number of aliphatic imine (C=N–C) groups is 4. The van der Waals surface area contributed by atoms with Crippen molar-refractivity contribution in [3.8, 4) is 0 Å². The van der Waals surface area contributed by atoms with Crippen molar-refractivity contribution < 1.29 is 0 Å². The van der Waals surface area contributed by atoms with Crippen LogP contribution in [0, 0.1) is 0 Å². The lowest BCUT2D eigenvalue weighted by Crippen LogP contribution is -2.06. The van der Waals surface area contributed by atoms with Gasteiger partial charge in [0.2, 0.25) is 0 Å². The molecule has 0 amide bonds. The fourth-order valence-corrected chi connectivity index (χ4v) is 1.35. The highest BCUT2D eigenvalue weighted by molar-refractivity contribution is 6.46. The second-order valence-electron chi connectivity index (χ2n) is 3.76. The van der Waals surface area contributed by atoms with Gasteiger partial charge in [-0.2, -0.15) is 0 Å². The summed E-state index contributed by atoms with van der Waals surface area (Å²) in [4.78, 5) is 17.5. The summed E-state index contributed by atoms with van der Waals surface area (Å²) in [5, 5.41) is 0. The molecule has 74 valence electrons. The van der Waals surface area contributed by atoms with Gasteiger partial charge in [0.1, 0.15) is 0 Å². The smallest absolute Gasteiger partial charge is 0.193 e. The fraction of sp³-hybridized carbons (Fsp3) is 0.600. The normalized spacial score (nSPS) is 31.1. The van der Waals surface area contributed by atoms with Gasteiger partial charge in [-0.1, -0.05) is 0 Å². The van der Waals surface area contributed by atoms with Crippen molar-refractivity contribution in [2.24, 2.45) is 20.0 Å². The van der Waals surface area contributed by atoms with Crippen LogP contribution >= 0.6 is 0 Å². The molecule has 2 atom stereocenters. The van der Waals surface area contributed by atoms with Crippen molar-refractivity contribution in [3.05, 3.63) is 0 Å². The minimum atomic E-state index is 0.180. The highest BCUT2D eigenvalue weighted by Crippen LogP contribution is 2.12. The monoisotopic (exact) mass is 190 g/mol. The zero-order chi connectivity index (χ0) is 10.3. The van der Waals surface area contributed by atoms with E-state index < -0.39 is 0 Å². The molecule has 0 aromatic carbocycles. The van der Waals surface area contributed by atoms with Gasteiger partial charge in [0.25, 0.3) is 0 Å². The van der Waals surface area contributed by atoms with E-state index in [0.29, 0.717) is 11.7 Å². The van der Waals surface area contributed by atoms with Crippen molar-refractivity contribution >= 4 is 23.1 Å². The van der Waals surface area contributed by atoms with Crippen LogP contribution in [-0.4, -0.2) is 35.2 Å². The fourth-order valence-electron chi connectivity index (χ4n) is 1.35. The average Bonchev–Trinajstić information content (AvgIpc) is 2.60. The van der Waals surface area contributed by atoms with E-state index in [-0.39, 0.29) is 12.1 Å². The Morgan fingerprint density at radius 3 is 1.36 bits per heavy atom. The van der Waals surface area contributed by atoms with Gasteiger partial charge in [-0.15, -0.1) is 0 Å². The molecular formula is C10H14N4. The SMILES string of the molecule is CC1=NC(C2=NC(C)C(C)=N2)=NC1C. The van der Waals surface area contributed by atoms with Crippen molar-refractivity contribution in [3.63, 3.8) is 0 Å². The van der Waals surface area contributed by atoms with Crippen LogP contribution < -0.4 is 0 Å². The van der Waals surface area contributed by atoms with Gasteiger partial charge < -0.3 is 0 Å². The summed E-state index contributed by atoms with van der Waals surface area (Å²) >= 11 is 0. The van der Waals surface area contributed by atoms with E-state index in [1.807, 2.05) is 27.7 Å². The van der Waals surface area contributed by atoms with Gasteiger partial charge >= 0.3 is 0 Å². The summed E-state index contributed by atoms with van der Waals surface area (Å²) in [6.45, 7) is 8.02. The van der Waals surface area contributed by atoms with Crippen LogP contribution in [-0.2, 0) is 0 Å². The Morgan fingerprint density at radius 1 is 0.786 bits per heavy atom. The lowest BCUT2D eigenvalue weighted by Gasteiger charge is -1.94. The van der Waals surface area contributed by atoms with Crippen LogP contribution in [0.3, 0.4) is 0 Å². The topological polar surface area (TPSA) is 49.4 Å². The summed E-state index contributed by atoms with van der Waals surface area (Å²) in [6, 6.07) is 0.359. The van der Waals surface area contributed by atoms with Gasteiger partial charge in [-0.3, -0.25) is 9.98 Å². The molecule has 2 aliphatic rings. The molecule has 4 nitrogen and oxygen atoms in total. The molecule has 0 aromatic heterocycles.